The predicted octanol–water partition coefficient (Wildman–Crippen LogP) is 3.03. The van der Waals surface area contributed by atoms with Crippen LogP contribution < -0.4 is 5.32 Å². The average Bonchev–Trinajstić information content (AvgIpc) is 2.40. The first-order chi connectivity index (χ1) is 8.80. The summed E-state index contributed by atoms with van der Waals surface area (Å²) in [7, 11) is 0. The van der Waals surface area contributed by atoms with E-state index in [4.69, 9.17) is 0 Å². The third-order valence-electron chi connectivity index (χ3n) is 1.66. The highest BCUT2D eigenvalue weighted by Gasteiger charge is 2.06. The molecule has 1 aromatic heterocycles. The van der Waals surface area contributed by atoms with Gasteiger partial charge in [-0.2, -0.15) is 15.0 Å². The van der Waals surface area contributed by atoms with Gasteiger partial charge in [-0.05, 0) is 0 Å². The van der Waals surface area contributed by atoms with Gasteiger partial charge < -0.3 is 5.32 Å². The highest BCUT2D eigenvalue weighted by molar-refractivity contribution is 7.99. The molecule has 6 heteroatoms. The summed E-state index contributed by atoms with van der Waals surface area (Å²) in [5, 5.41) is 4.46. The molecule has 0 aliphatic carbocycles. The first kappa shape index (κ1) is 14.8. The lowest BCUT2D eigenvalue weighted by molar-refractivity contribution is 0.806. The van der Waals surface area contributed by atoms with Crippen molar-refractivity contribution < 1.29 is 0 Å². The maximum atomic E-state index is 4.36. The highest BCUT2D eigenvalue weighted by atomic mass is 32.2. The number of hydrogen-bond acceptors (Lipinski definition) is 6. The van der Waals surface area contributed by atoms with Gasteiger partial charge in [0.05, 0.1) is 0 Å². The minimum Gasteiger partial charge on any atom is -0.351 e. The summed E-state index contributed by atoms with van der Waals surface area (Å²) in [6.45, 7) is 11.6. The molecule has 18 heavy (non-hydrogen) atoms. The fraction of sp³-hybridized carbons (Fsp3) is 0.250. The van der Waals surface area contributed by atoms with Crippen LogP contribution in [-0.2, 0) is 0 Å². The number of rotatable bonds is 9. The van der Waals surface area contributed by atoms with E-state index in [9.17, 15) is 0 Å². The fourth-order valence-corrected chi connectivity index (χ4v) is 2.17. The second-order valence-corrected chi connectivity index (χ2v) is 5.07. The minimum absolute atomic E-state index is 0.572. The summed E-state index contributed by atoms with van der Waals surface area (Å²) in [6, 6.07) is 0. The van der Waals surface area contributed by atoms with Gasteiger partial charge in [0, 0.05) is 18.1 Å². The van der Waals surface area contributed by atoms with E-state index in [-0.39, 0.29) is 0 Å². The molecule has 0 fully saturated rings. The number of thioether (sulfide) groups is 2. The van der Waals surface area contributed by atoms with Crippen LogP contribution in [0.1, 0.15) is 0 Å². The van der Waals surface area contributed by atoms with Crippen LogP contribution in [0.2, 0.25) is 0 Å². The van der Waals surface area contributed by atoms with Gasteiger partial charge in [0.25, 0.3) is 0 Å². The normalized spacial score (nSPS) is 9.78. The van der Waals surface area contributed by atoms with E-state index >= 15 is 0 Å². The van der Waals surface area contributed by atoms with Crippen molar-refractivity contribution in [2.45, 2.75) is 10.3 Å². The molecule has 1 rings (SSSR count). The van der Waals surface area contributed by atoms with Crippen molar-refractivity contribution in [2.24, 2.45) is 0 Å². The van der Waals surface area contributed by atoms with Gasteiger partial charge in [-0.25, -0.2) is 0 Å². The van der Waals surface area contributed by atoms with Gasteiger partial charge in [-0.3, -0.25) is 0 Å². The molecule has 0 amide bonds. The van der Waals surface area contributed by atoms with Crippen LogP contribution in [-0.4, -0.2) is 33.0 Å². The molecule has 0 aliphatic rings. The number of aromatic nitrogens is 3. The smallest absolute Gasteiger partial charge is 0.227 e. The quantitative estimate of drug-likeness (QED) is 0.554. The van der Waals surface area contributed by atoms with Crippen LogP contribution in [0.15, 0.2) is 48.3 Å². The van der Waals surface area contributed by atoms with E-state index < -0.39 is 0 Å². The van der Waals surface area contributed by atoms with Gasteiger partial charge >= 0.3 is 0 Å². The second kappa shape index (κ2) is 8.77. The van der Waals surface area contributed by atoms with E-state index in [1.54, 1.807) is 6.08 Å². The second-order valence-electron chi connectivity index (χ2n) is 3.09. The van der Waals surface area contributed by atoms with Gasteiger partial charge in [0.15, 0.2) is 10.3 Å². The third kappa shape index (κ3) is 5.37. The molecule has 1 N–H and O–H groups in total. The number of nitrogens with zero attached hydrogens (tertiary/aromatic N) is 3. The van der Waals surface area contributed by atoms with Gasteiger partial charge in [-0.1, -0.05) is 41.8 Å². The molecule has 0 saturated carbocycles. The van der Waals surface area contributed by atoms with Crippen molar-refractivity contribution in [3.63, 3.8) is 0 Å². The zero-order chi connectivity index (χ0) is 13.2. The molecule has 0 aromatic carbocycles. The molecule has 0 unspecified atom stereocenters. The Morgan fingerprint density at radius 3 is 1.89 bits per heavy atom. The SMILES string of the molecule is C=CCNc1nc(SCC=C)nc(SCC=C)n1. The molecule has 0 saturated heterocycles. The lowest BCUT2D eigenvalue weighted by Crippen LogP contribution is -2.06. The van der Waals surface area contributed by atoms with E-state index in [0.717, 1.165) is 11.5 Å². The molecule has 0 radical (unpaired) electrons. The lowest BCUT2D eigenvalue weighted by atomic mass is 10.6. The first-order valence-electron chi connectivity index (χ1n) is 5.38. The molecule has 0 aliphatic heterocycles. The molecule has 4 nitrogen and oxygen atoms in total. The molecule has 0 bridgehead atoms. The molecular formula is C12H16N4S2. The van der Waals surface area contributed by atoms with Crippen LogP contribution in [0.4, 0.5) is 5.95 Å². The van der Waals surface area contributed by atoms with Gasteiger partial charge in [0.1, 0.15) is 0 Å². The first-order valence-corrected chi connectivity index (χ1v) is 7.35. The Morgan fingerprint density at radius 2 is 1.44 bits per heavy atom. The summed E-state index contributed by atoms with van der Waals surface area (Å²) in [4.78, 5) is 13.0. The Morgan fingerprint density at radius 1 is 0.889 bits per heavy atom. The summed E-state index contributed by atoms with van der Waals surface area (Å²) in [6.07, 6.45) is 5.40. The topological polar surface area (TPSA) is 50.7 Å². The number of anilines is 1. The number of hydrogen-bond donors (Lipinski definition) is 1. The van der Waals surface area contributed by atoms with Crippen LogP contribution in [0.25, 0.3) is 0 Å². The Kier molecular flexibility index (Phi) is 7.20. The maximum Gasteiger partial charge on any atom is 0.227 e. The molecule has 1 heterocycles. The summed E-state index contributed by atoms with van der Waals surface area (Å²) in [5.41, 5.74) is 0. The summed E-state index contributed by atoms with van der Waals surface area (Å²) < 4.78 is 0. The zero-order valence-corrected chi connectivity index (χ0v) is 11.8. The average molecular weight is 280 g/mol. The number of nitrogens with one attached hydrogen (secondary N) is 1. The van der Waals surface area contributed by atoms with E-state index in [2.05, 4.69) is 40.0 Å². The largest absolute Gasteiger partial charge is 0.351 e. The fourth-order valence-electron chi connectivity index (χ4n) is 0.977. The maximum absolute atomic E-state index is 4.36. The van der Waals surface area contributed by atoms with Crippen LogP contribution in [0.3, 0.4) is 0 Å². The van der Waals surface area contributed by atoms with Crippen molar-refractivity contribution in [1.29, 1.82) is 0 Å². The monoisotopic (exact) mass is 280 g/mol. The van der Waals surface area contributed by atoms with Crippen molar-refractivity contribution >= 4 is 29.5 Å². The van der Waals surface area contributed by atoms with Gasteiger partial charge in [-0.15, -0.1) is 19.7 Å². The Bertz CT molecular complexity index is 346. The zero-order valence-electron chi connectivity index (χ0n) is 10.1. The minimum atomic E-state index is 0.572. The molecule has 96 valence electrons. The van der Waals surface area contributed by atoms with Gasteiger partial charge in [0.2, 0.25) is 5.95 Å². The molecular weight excluding hydrogens is 264 g/mol. The van der Waals surface area contributed by atoms with Crippen LogP contribution >= 0.6 is 23.5 Å². The molecule has 0 atom stereocenters. The van der Waals surface area contributed by atoms with E-state index in [1.165, 1.54) is 23.5 Å². The molecule has 1 aromatic rings. The highest BCUT2D eigenvalue weighted by Crippen LogP contribution is 2.20. The van der Waals surface area contributed by atoms with Crippen molar-refractivity contribution in [3.8, 4) is 0 Å². The third-order valence-corrected chi connectivity index (χ3v) is 3.35. The molecule has 0 spiro atoms. The lowest BCUT2D eigenvalue weighted by Gasteiger charge is -2.06. The summed E-state index contributed by atoms with van der Waals surface area (Å²) in [5.74, 6) is 2.12. The van der Waals surface area contributed by atoms with Crippen LogP contribution in [0, 0.1) is 0 Å². The summed E-state index contributed by atoms with van der Waals surface area (Å²) >= 11 is 3.06. The Hall–Kier alpha value is -1.27. The van der Waals surface area contributed by atoms with E-state index in [1.807, 2.05) is 12.2 Å². The van der Waals surface area contributed by atoms with Crippen molar-refractivity contribution in [3.05, 3.63) is 38.0 Å². The van der Waals surface area contributed by atoms with Crippen molar-refractivity contribution in [2.75, 3.05) is 23.4 Å². The van der Waals surface area contributed by atoms with Crippen molar-refractivity contribution in [1.82, 2.24) is 15.0 Å². The van der Waals surface area contributed by atoms with E-state index in [0.29, 0.717) is 22.8 Å². The standard InChI is InChI=1S/C12H16N4S2/c1-4-7-13-10-14-11(17-8-5-2)16-12(15-10)18-9-6-3/h4-6H,1-3,7-9H2,(H,13,14,15,16). The predicted molar refractivity (Wildman–Crippen MR) is 80.4 cm³/mol. The van der Waals surface area contributed by atoms with Crippen LogP contribution in [0.5, 0.6) is 0 Å². The Balaban J connectivity index is 2.83. The Labute approximate surface area is 116 Å².